The first-order chi connectivity index (χ1) is 30.4. The van der Waals surface area contributed by atoms with Crippen molar-refractivity contribution in [2.24, 2.45) is 0 Å². The molecule has 11 rings (SSSR count). The Hall–Kier alpha value is -7.96. The molecule has 0 unspecified atom stereocenters. The fraction of sp³-hybridized carbons (Fsp3) is 0. The summed E-state index contributed by atoms with van der Waals surface area (Å²) in [4.78, 5) is 1.42. The maximum Gasteiger partial charge on any atom is 0.199 e. The van der Waals surface area contributed by atoms with Gasteiger partial charge in [-0.25, -0.2) is 17.6 Å². The van der Waals surface area contributed by atoms with Crippen molar-refractivity contribution < 1.29 is 17.6 Å². The summed E-state index contributed by atoms with van der Waals surface area (Å²) in [6.07, 6.45) is 0. The molecule has 0 atom stereocenters. The predicted molar refractivity (Wildman–Crippen MR) is 247 cm³/mol. The van der Waals surface area contributed by atoms with Crippen molar-refractivity contribution in [2.75, 3.05) is 4.90 Å². The molecule has 0 amide bonds. The molecule has 296 valence electrons. The van der Waals surface area contributed by atoms with Gasteiger partial charge in [0.2, 0.25) is 0 Å². The summed E-state index contributed by atoms with van der Waals surface area (Å²) in [5.41, 5.74) is 9.56. The van der Waals surface area contributed by atoms with Crippen LogP contribution in [0, 0.1) is 23.3 Å². The van der Waals surface area contributed by atoms with E-state index in [1.165, 1.54) is 4.90 Å². The zero-order valence-corrected chi connectivity index (χ0v) is 33.0. The van der Waals surface area contributed by atoms with Crippen molar-refractivity contribution in [1.29, 1.82) is 0 Å². The van der Waals surface area contributed by atoms with Gasteiger partial charge in [-0.05, 0) is 103 Å². The highest BCUT2D eigenvalue weighted by Crippen LogP contribution is 2.45. The lowest BCUT2D eigenvalue weighted by Gasteiger charge is -2.27. The second kappa shape index (κ2) is 14.9. The van der Waals surface area contributed by atoms with E-state index in [9.17, 15) is 8.78 Å². The lowest BCUT2D eigenvalue weighted by molar-refractivity contribution is 0.410. The van der Waals surface area contributed by atoms with Gasteiger partial charge in [0.15, 0.2) is 23.3 Å². The number of anilines is 3. The van der Waals surface area contributed by atoms with Crippen molar-refractivity contribution in [3.05, 3.63) is 230 Å². The standard InChI is InChI=1S/C56H34F4N2/c57-48-34-51(55(59)56(60)54(48)58)61(40-28-23-35(24-29-40)38-27-32-43-42-17-11-12-22-49(42)62(50(43)33-38)39-15-5-2-6-16-39)41-30-25-37(26-31-41)53-46-20-9-7-18-44(46)52(36-13-3-1-4-14-36)45-19-8-10-21-47(45)53/h1-34H. The number of benzene rings is 10. The molecule has 10 aromatic carbocycles. The van der Waals surface area contributed by atoms with Crippen LogP contribution in [0.15, 0.2) is 206 Å². The molecule has 0 saturated carbocycles. The molecule has 0 aliphatic heterocycles. The van der Waals surface area contributed by atoms with E-state index >= 15 is 8.78 Å². The predicted octanol–water partition coefficient (Wildman–Crippen LogP) is 16.1. The maximum absolute atomic E-state index is 15.9. The van der Waals surface area contributed by atoms with E-state index in [-0.39, 0.29) is 0 Å². The molecule has 1 heterocycles. The molecule has 0 aliphatic carbocycles. The minimum atomic E-state index is -1.88. The normalized spacial score (nSPS) is 11.5. The van der Waals surface area contributed by atoms with Gasteiger partial charge >= 0.3 is 0 Å². The van der Waals surface area contributed by atoms with E-state index in [1.807, 2.05) is 97.1 Å². The van der Waals surface area contributed by atoms with Crippen molar-refractivity contribution in [3.63, 3.8) is 0 Å². The highest BCUT2D eigenvalue weighted by Gasteiger charge is 2.26. The van der Waals surface area contributed by atoms with E-state index < -0.39 is 29.0 Å². The third-order valence-electron chi connectivity index (χ3n) is 11.9. The maximum atomic E-state index is 15.9. The van der Waals surface area contributed by atoms with Crippen LogP contribution >= 0.6 is 0 Å². The number of para-hydroxylation sites is 2. The van der Waals surface area contributed by atoms with E-state index in [4.69, 9.17) is 0 Å². The minimum absolute atomic E-state index is 0.424. The quantitative estimate of drug-likeness (QED) is 0.0674. The van der Waals surface area contributed by atoms with E-state index in [1.54, 1.807) is 24.3 Å². The lowest BCUT2D eigenvalue weighted by Crippen LogP contribution is -2.14. The van der Waals surface area contributed by atoms with Crippen LogP contribution in [0.1, 0.15) is 0 Å². The van der Waals surface area contributed by atoms with Gasteiger partial charge in [0.05, 0.1) is 16.7 Å². The second-order valence-corrected chi connectivity index (χ2v) is 15.4. The molecule has 1 aromatic heterocycles. The Morgan fingerprint density at radius 2 is 0.774 bits per heavy atom. The number of rotatable bonds is 7. The molecule has 0 radical (unpaired) electrons. The third kappa shape index (κ3) is 6.02. The first-order valence-corrected chi connectivity index (χ1v) is 20.4. The second-order valence-electron chi connectivity index (χ2n) is 15.4. The number of aromatic nitrogens is 1. The summed E-state index contributed by atoms with van der Waals surface area (Å²) >= 11 is 0. The fourth-order valence-corrected chi connectivity index (χ4v) is 9.09. The van der Waals surface area contributed by atoms with Crippen molar-refractivity contribution in [3.8, 4) is 39.1 Å². The Labute approximate surface area is 354 Å². The Morgan fingerprint density at radius 1 is 0.323 bits per heavy atom. The molecule has 6 heteroatoms. The van der Waals surface area contributed by atoms with E-state index in [0.717, 1.165) is 82.4 Å². The van der Waals surface area contributed by atoms with Crippen LogP contribution < -0.4 is 4.90 Å². The third-order valence-corrected chi connectivity index (χ3v) is 11.9. The van der Waals surface area contributed by atoms with Gasteiger partial charge < -0.3 is 9.47 Å². The first-order valence-electron chi connectivity index (χ1n) is 20.4. The molecule has 0 N–H and O–H groups in total. The average Bonchev–Trinajstić information content (AvgIpc) is 3.66. The summed E-state index contributed by atoms with van der Waals surface area (Å²) in [6.45, 7) is 0. The molecule has 0 saturated heterocycles. The summed E-state index contributed by atoms with van der Waals surface area (Å²) in [6, 6.07) is 67.3. The van der Waals surface area contributed by atoms with E-state index in [0.29, 0.717) is 17.4 Å². The van der Waals surface area contributed by atoms with Gasteiger partial charge in [-0.2, -0.15) is 0 Å². The van der Waals surface area contributed by atoms with Crippen LogP contribution in [0.25, 0.3) is 82.4 Å². The molecule has 62 heavy (non-hydrogen) atoms. The summed E-state index contributed by atoms with van der Waals surface area (Å²) < 4.78 is 62.5. The Kier molecular flexibility index (Phi) is 8.94. The zero-order valence-electron chi connectivity index (χ0n) is 33.0. The molecule has 2 nitrogen and oxygen atoms in total. The minimum Gasteiger partial charge on any atom is -0.309 e. The summed E-state index contributed by atoms with van der Waals surface area (Å²) in [5, 5.41) is 6.56. The lowest BCUT2D eigenvalue weighted by atomic mass is 9.86. The van der Waals surface area contributed by atoms with Crippen LogP contribution in [0.3, 0.4) is 0 Å². The van der Waals surface area contributed by atoms with Gasteiger partial charge in [-0.1, -0.05) is 152 Å². The van der Waals surface area contributed by atoms with Gasteiger partial charge in [0, 0.05) is 33.9 Å². The number of halogens is 4. The smallest absolute Gasteiger partial charge is 0.199 e. The molecule has 0 aliphatic rings. The van der Waals surface area contributed by atoms with Gasteiger partial charge in [-0.15, -0.1) is 0 Å². The zero-order chi connectivity index (χ0) is 41.9. The van der Waals surface area contributed by atoms with Crippen LogP contribution in [-0.2, 0) is 0 Å². The Bertz CT molecular complexity index is 3430. The summed E-state index contributed by atoms with van der Waals surface area (Å²) in [5.74, 6) is -6.73. The number of nitrogens with zero attached hydrogens (tertiary/aromatic N) is 2. The van der Waals surface area contributed by atoms with Crippen LogP contribution in [0.5, 0.6) is 0 Å². The van der Waals surface area contributed by atoms with Gasteiger partial charge in [0.1, 0.15) is 0 Å². The van der Waals surface area contributed by atoms with Crippen LogP contribution in [-0.4, -0.2) is 4.57 Å². The van der Waals surface area contributed by atoms with Crippen molar-refractivity contribution in [1.82, 2.24) is 4.57 Å². The Balaban J connectivity index is 1.03. The molecular weight excluding hydrogens is 777 g/mol. The van der Waals surface area contributed by atoms with Crippen LogP contribution in [0.4, 0.5) is 34.6 Å². The largest absolute Gasteiger partial charge is 0.309 e. The average molecular weight is 811 g/mol. The van der Waals surface area contributed by atoms with Crippen LogP contribution in [0.2, 0.25) is 0 Å². The number of hydrogen-bond donors (Lipinski definition) is 0. The van der Waals surface area contributed by atoms with Crippen molar-refractivity contribution in [2.45, 2.75) is 0 Å². The SMILES string of the molecule is Fc1cc(N(c2ccc(-c3ccc4c5ccccc5n(-c5ccccc5)c4c3)cc2)c2ccc(-c3c4ccccc4c(-c4ccccc4)c4ccccc34)cc2)c(F)c(F)c1F. The van der Waals surface area contributed by atoms with Gasteiger partial charge in [0.25, 0.3) is 0 Å². The monoisotopic (exact) mass is 810 g/mol. The highest BCUT2D eigenvalue weighted by molar-refractivity contribution is 6.21. The van der Waals surface area contributed by atoms with Crippen molar-refractivity contribution >= 4 is 60.4 Å². The number of fused-ring (bicyclic) bond motifs is 5. The summed E-state index contributed by atoms with van der Waals surface area (Å²) in [7, 11) is 0. The molecular formula is C56H34F4N2. The first kappa shape index (κ1) is 37.1. The molecule has 0 bridgehead atoms. The molecule has 0 fully saturated rings. The highest BCUT2D eigenvalue weighted by atomic mass is 19.2. The fourth-order valence-electron chi connectivity index (χ4n) is 9.09. The molecule has 11 aromatic rings. The Morgan fingerprint density at radius 3 is 1.35 bits per heavy atom. The number of hydrogen-bond acceptors (Lipinski definition) is 1. The topological polar surface area (TPSA) is 8.17 Å². The molecule has 0 spiro atoms. The van der Waals surface area contributed by atoms with E-state index in [2.05, 4.69) is 83.4 Å². The van der Waals surface area contributed by atoms with Gasteiger partial charge in [-0.3, -0.25) is 0 Å².